The van der Waals surface area contributed by atoms with Crippen LogP contribution in [0.15, 0.2) is 0 Å². The number of ether oxygens (including phenoxy) is 1. The minimum absolute atomic E-state index is 0.0259. The van der Waals surface area contributed by atoms with Crippen LogP contribution < -0.4 is 10.6 Å². The van der Waals surface area contributed by atoms with Gasteiger partial charge in [0, 0.05) is 19.6 Å². The van der Waals surface area contributed by atoms with Gasteiger partial charge in [-0.2, -0.15) is 0 Å². The maximum atomic E-state index is 12.0. The largest absolute Gasteiger partial charge is 0.376 e. The maximum absolute atomic E-state index is 12.0. The monoisotopic (exact) mass is 307 g/mol. The zero-order chi connectivity index (χ0) is 15.4. The first kappa shape index (κ1) is 15.3. The molecule has 2 aliphatic rings. The highest BCUT2D eigenvalue weighted by molar-refractivity contribution is 5.74. The van der Waals surface area contributed by atoms with Crippen molar-refractivity contribution < 1.29 is 9.53 Å². The van der Waals surface area contributed by atoms with E-state index < -0.39 is 0 Å². The number of aromatic nitrogens is 3. The molecule has 1 saturated heterocycles. The van der Waals surface area contributed by atoms with Crippen molar-refractivity contribution in [2.45, 2.75) is 70.7 Å². The van der Waals surface area contributed by atoms with Crippen molar-refractivity contribution in [3.63, 3.8) is 0 Å². The molecule has 0 aromatic carbocycles. The van der Waals surface area contributed by atoms with Crippen LogP contribution in [-0.2, 0) is 24.2 Å². The number of carbonyl (C=O) groups excluding carboxylic acids is 1. The van der Waals surface area contributed by atoms with Gasteiger partial charge >= 0.3 is 6.03 Å². The highest BCUT2D eigenvalue weighted by atomic mass is 16.5. The second kappa shape index (κ2) is 7.09. The predicted molar refractivity (Wildman–Crippen MR) is 81.4 cm³/mol. The number of carbonyl (C=O) groups is 1. The second-order valence-corrected chi connectivity index (χ2v) is 6.16. The van der Waals surface area contributed by atoms with E-state index in [1.807, 2.05) is 6.92 Å². The first-order valence-electron chi connectivity index (χ1n) is 8.31. The minimum atomic E-state index is -0.172. The van der Waals surface area contributed by atoms with Crippen molar-refractivity contribution in [2.24, 2.45) is 0 Å². The predicted octanol–water partition coefficient (Wildman–Crippen LogP) is 1.37. The van der Waals surface area contributed by atoms with E-state index in [0.29, 0.717) is 6.54 Å². The third kappa shape index (κ3) is 3.58. The zero-order valence-electron chi connectivity index (χ0n) is 13.2. The molecule has 2 N–H and O–H groups in total. The lowest BCUT2D eigenvalue weighted by Crippen LogP contribution is -2.45. The van der Waals surface area contributed by atoms with Gasteiger partial charge in [-0.15, -0.1) is 10.2 Å². The van der Waals surface area contributed by atoms with Gasteiger partial charge in [-0.1, -0.05) is 6.42 Å². The Balaban J connectivity index is 1.49. The van der Waals surface area contributed by atoms with Crippen molar-refractivity contribution in [2.75, 3.05) is 6.61 Å². The van der Waals surface area contributed by atoms with Gasteiger partial charge in [0.05, 0.1) is 18.7 Å². The molecule has 3 rings (SSSR count). The number of hydrogen-bond donors (Lipinski definition) is 2. The summed E-state index contributed by atoms with van der Waals surface area (Å²) < 4.78 is 7.73. The molecule has 3 heterocycles. The van der Waals surface area contributed by atoms with E-state index in [1.54, 1.807) is 0 Å². The molecule has 2 atom stereocenters. The lowest BCUT2D eigenvalue weighted by Gasteiger charge is -2.20. The molecule has 1 fully saturated rings. The van der Waals surface area contributed by atoms with Crippen LogP contribution in [0.25, 0.3) is 0 Å². The third-order valence-corrected chi connectivity index (χ3v) is 4.47. The SMILES string of the molecule is C[C@@H](NC(=O)NCc1nnc2n1CCCCC2)[C@H]1CCCO1. The normalized spacial score (nSPS) is 22.7. The Kier molecular flexibility index (Phi) is 4.92. The number of aryl methyl sites for hydroxylation is 1. The van der Waals surface area contributed by atoms with Crippen LogP contribution in [0.3, 0.4) is 0 Å². The fourth-order valence-electron chi connectivity index (χ4n) is 3.18. The number of fused-ring (bicyclic) bond motifs is 1. The van der Waals surface area contributed by atoms with Gasteiger partial charge in [-0.25, -0.2) is 4.79 Å². The number of urea groups is 1. The number of hydrogen-bond acceptors (Lipinski definition) is 4. The summed E-state index contributed by atoms with van der Waals surface area (Å²) in [6, 6.07) is -0.146. The van der Waals surface area contributed by atoms with E-state index in [-0.39, 0.29) is 18.2 Å². The van der Waals surface area contributed by atoms with Gasteiger partial charge in [-0.3, -0.25) is 0 Å². The maximum Gasteiger partial charge on any atom is 0.315 e. The van der Waals surface area contributed by atoms with Gasteiger partial charge in [0.2, 0.25) is 0 Å². The third-order valence-electron chi connectivity index (χ3n) is 4.47. The molecular formula is C15H25N5O2. The lowest BCUT2D eigenvalue weighted by molar-refractivity contribution is 0.0860. The standard InChI is InChI=1S/C15H25N5O2/c1-11(12-6-5-9-22-12)17-15(21)16-10-14-19-18-13-7-3-2-4-8-20(13)14/h11-12H,2-10H2,1H3,(H2,16,17,21)/t11-,12-/m1/s1. The molecule has 2 amide bonds. The fourth-order valence-corrected chi connectivity index (χ4v) is 3.18. The number of amides is 2. The Labute approximate surface area is 130 Å². The van der Waals surface area contributed by atoms with Gasteiger partial charge < -0.3 is 19.9 Å². The first-order valence-corrected chi connectivity index (χ1v) is 8.31. The average Bonchev–Trinajstić information content (AvgIpc) is 3.11. The number of nitrogens with zero attached hydrogens (tertiary/aromatic N) is 3. The topological polar surface area (TPSA) is 81.1 Å². The van der Waals surface area contributed by atoms with Gasteiger partial charge in [0.15, 0.2) is 5.82 Å². The van der Waals surface area contributed by atoms with Crippen molar-refractivity contribution in [3.8, 4) is 0 Å². The van der Waals surface area contributed by atoms with E-state index >= 15 is 0 Å². The van der Waals surface area contributed by atoms with E-state index in [4.69, 9.17) is 4.74 Å². The number of rotatable bonds is 4. The van der Waals surface area contributed by atoms with Crippen LogP contribution in [0.1, 0.15) is 50.7 Å². The van der Waals surface area contributed by atoms with Crippen LogP contribution in [0.4, 0.5) is 4.79 Å². The van der Waals surface area contributed by atoms with Gasteiger partial charge in [-0.05, 0) is 32.6 Å². The Hall–Kier alpha value is -1.63. The summed E-state index contributed by atoms with van der Waals surface area (Å²) in [5, 5.41) is 14.3. The summed E-state index contributed by atoms with van der Waals surface area (Å²) in [6.45, 7) is 4.15. The van der Waals surface area contributed by atoms with Crippen molar-refractivity contribution >= 4 is 6.03 Å². The molecule has 7 nitrogen and oxygen atoms in total. The Morgan fingerprint density at radius 3 is 3.09 bits per heavy atom. The molecule has 1 aromatic rings. The summed E-state index contributed by atoms with van der Waals surface area (Å²) >= 11 is 0. The van der Waals surface area contributed by atoms with E-state index in [9.17, 15) is 4.79 Å². The summed E-state index contributed by atoms with van der Waals surface area (Å²) in [6.07, 6.45) is 6.76. The van der Waals surface area contributed by atoms with Crippen LogP contribution in [0, 0.1) is 0 Å². The fraction of sp³-hybridized carbons (Fsp3) is 0.800. The summed E-state index contributed by atoms with van der Waals surface area (Å²) in [4.78, 5) is 12.0. The summed E-state index contributed by atoms with van der Waals surface area (Å²) in [5.74, 6) is 1.89. The Morgan fingerprint density at radius 2 is 2.27 bits per heavy atom. The molecule has 0 bridgehead atoms. The Morgan fingerprint density at radius 1 is 1.36 bits per heavy atom. The number of nitrogens with one attached hydrogen (secondary N) is 2. The van der Waals surface area contributed by atoms with Gasteiger partial charge in [0.25, 0.3) is 0 Å². The average molecular weight is 307 g/mol. The first-order chi connectivity index (χ1) is 10.7. The zero-order valence-corrected chi connectivity index (χ0v) is 13.2. The quantitative estimate of drug-likeness (QED) is 0.880. The van der Waals surface area contributed by atoms with Crippen LogP contribution in [-0.4, -0.2) is 39.5 Å². The van der Waals surface area contributed by atoms with Crippen molar-refractivity contribution in [3.05, 3.63) is 11.6 Å². The molecule has 0 spiro atoms. The van der Waals surface area contributed by atoms with Crippen LogP contribution >= 0.6 is 0 Å². The van der Waals surface area contributed by atoms with E-state index in [2.05, 4.69) is 25.4 Å². The Bertz CT molecular complexity index is 510. The second-order valence-electron chi connectivity index (χ2n) is 6.16. The highest BCUT2D eigenvalue weighted by Crippen LogP contribution is 2.16. The summed E-state index contributed by atoms with van der Waals surface area (Å²) in [7, 11) is 0. The highest BCUT2D eigenvalue weighted by Gasteiger charge is 2.23. The van der Waals surface area contributed by atoms with Crippen molar-refractivity contribution in [1.82, 2.24) is 25.4 Å². The molecule has 122 valence electrons. The molecule has 7 heteroatoms. The van der Waals surface area contributed by atoms with Crippen LogP contribution in [0.5, 0.6) is 0 Å². The van der Waals surface area contributed by atoms with E-state index in [1.165, 1.54) is 12.8 Å². The molecular weight excluding hydrogens is 282 g/mol. The molecule has 22 heavy (non-hydrogen) atoms. The molecule has 2 aliphatic heterocycles. The molecule has 0 aliphatic carbocycles. The van der Waals surface area contributed by atoms with E-state index in [0.717, 1.165) is 50.5 Å². The van der Waals surface area contributed by atoms with Crippen molar-refractivity contribution in [1.29, 1.82) is 0 Å². The van der Waals surface area contributed by atoms with Gasteiger partial charge in [0.1, 0.15) is 5.82 Å². The molecule has 0 saturated carbocycles. The lowest BCUT2D eigenvalue weighted by atomic mass is 10.1. The molecule has 1 aromatic heterocycles. The smallest absolute Gasteiger partial charge is 0.315 e. The van der Waals surface area contributed by atoms with Crippen LogP contribution in [0.2, 0.25) is 0 Å². The minimum Gasteiger partial charge on any atom is -0.376 e. The molecule has 0 unspecified atom stereocenters. The molecule has 0 radical (unpaired) electrons. The summed E-state index contributed by atoms with van der Waals surface area (Å²) in [5.41, 5.74) is 0.